The quantitative estimate of drug-likeness (QED) is 0.786. The summed E-state index contributed by atoms with van der Waals surface area (Å²) < 4.78 is 28.7. The molecular formula is C17H21BrN4O3S. The molecule has 0 radical (unpaired) electrons. The topological polar surface area (TPSA) is 84.3 Å². The second kappa shape index (κ2) is 7.50. The number of hydrogen-bond acceptors (Lipinski definition) is 5. The summed E-state index contributed by atoms with van der Waals surface area (Å²) in [6, 6.07) is 7.00. The first-order valence-electron chi connectivity index (χ1n) is 8.34. The normalized spacial score (nSPS) is 16.6. The minimum atomic E-state index is -3.46. The number of benzene rings is 1. The molecule has 1 fully saturated rings. The number of aryl methyl sites for hydroxylation is 2. The zero-order chi connectivity index (χ0) is 18.9. The summed E-state index contributed by atoms with van der Waals surface area (Å²) in [7, 11) is -1.88. The van der Waals surface area contributed by atoms with E-state index in [2.05, 4.69) is 26.3 Å². The monoisotopic (exact) mass is 440 g/mol. The van der Waals surface area contributed by atoms with Crippen molar-refractivity contribution < 1.29 is 8.42 Å². The van der Waals surface area contributed by atoms with Crippen LogP contribution < -0.4 is 10.9 Å². The molecule has 0 amide bonds. The minimum absolute atomic E-state index is 0.0877. The van der Waals surface area contributed by atoms with Crippen molar-refractivity contribution in [1.82, 2.24) is 14.1 Å². The SMILES string of the molecule is Cc1ccc(S(=O)(=O)N2CCC(Nc3cnn(C)c(=O)c3Br)CC2)cc1. The van der Waals surface area contributed by atoms with Crippen molar-refractivity contribution in [3.8, 4) is 0 Å². The highest BCUT2D eigenvalue weighted by Gasteiger charge is 2.29. The number of aromatic nitrogens is 2. The Bertz CT molecular complexity index is 949. The van der Waals surface area contributed by atoms with Crippen molar-refractivity contribution in [3.63, 3.8) is 0 Å². The zero-order valence-electron chi connectivity index (χ0n) is 14.6. The van der Waals surface area contributed by atoms with Gasteiger partial charge in [0.1, 0.15) is 4.47 Å². The Morgan fingerprint density at radius 1 is 1.19 bits per heavy atom. The standard InChI is InChI=1S/C17H21BrN4O3S/c1-12-3-5-14(6-4-12)26(24,25)22-9-7-13(8-10-22)20-15-11-19-21(2)17(23)16(15)18/h3-6,11,13,20H,7-10H2,1-2H3. The van der Waals surface area contributed by atoms with Crippen LogP contribution in [0.1, 0.15) is 18.4 Å². The molecule has 3 rings (SSSR count). The number of piperidine rings is 1. The number of nitrogens with one attached hydrogen (secondary N) is 1. The van der Waals surface area contributed by atoms with Crippen LogP contribution in [0, 0.1) is 6.92 Å². The molecule has 0 atom stereocenters. The van der Waals surface area contributed by atoms with E-state index in [1.807, 2.05) is 19.1 Å². The molecule has 26 heavy (non-hydrogen) atoms. The number of nitrogens with zero attached hydrogens (tertiary/aromatic N) is 3. The zero-order valence-corrected chi connectivity index (χ0v) is 17.0. The highest BCUT2D eigenvalue weighted by molar-refractivity contribution is 9.10. The van der Waals surface area contributed by atoms with Gasteiger partial charge in [0.25, 0.3) is 5.56 Å². The summed E-state index contributed by atoms with van der Waals surface area (Å²) in [6.45, 7) is 2.80. The first-order valence-corrected chi connectivity index (χ1v) is 10.6. The van der Waals surface area contributed by atoms with E-state index in [9.17, 15) is 13.2 Å². The predicted molar refractivity (Wildman–Crippen MR) is 104 cm³/mol. The second-order valence-electron chi connectivity index (χ2n) is 6.44. The van der Waals surface area contributed by atoms with Gasteiger partial charge in [0.05, 0.1) is 16.8 Å². The largest absolute Gasteiger partial charge is 0.380 e. The van der Waals surface area contributed by atoms with Crippen molar-refractivity contribution in [1.29, 1.82) is 0 Å². The molecule has 1 aliphatic heterocycles. The Hall–Kier alpha value is -1.71. The van der Waals surface area contributed by atoms with Gasteiger partial charge in [-0.05, 0) is 47.8 Å². The van der Waals surface area contributed by atoms with Gasteiger partial charge in [-0.25, -0.2) is 13.1 Å². The molecule has 0 aliphatic carbocycles. The fraction of sp³-hybridized carbons (Fsp3) is 0.412. The molecule has 0 spiro atoms. The van der Waals surface area contributed by atoms with Crippen LogP contribution in [0.4, 0.5) is 5.69 Å². The second-order valence-corrected chi connectivity index (χ2v) is 9.17. The fourth-order valence-electron chi connectivity index (χ4n) is 2.93. The van der Waals surface area contributed by atoms with Crippen molar-refractivity contribution in [2.75, 3.05) is 18.4 Å². The number of sulfonamides is 1. The molecular weight excluding hydrogens is 420 g/mol. The number of hydrogen-bond donors (Lipinski definition) is 1. The van der Waals surface area contributed by atoms with Crippen molar-refractivity contribution in [3.05, 3.63) is 50.9 Å². The first-order chi connectivity index (χ1) is 12.3. The first kappa shape index (κ1) is 19.1. The van der Waals surface area contributed by atoms with E-state index in [0.717, 1.165) is 5.56 Å². The maximum absolute atomic E-state index is 12.7. The van der Waals surface area contributed by atoms with Crippen LogP contribution in [-0.4, -0.2) is 41.6 Å². The van der Waals surface area contributed by atoms with E-state index >= 15 is 0 Å². The van der Waals surface area contributed by atoms with Gasteiger partial charge < -0.3 is 5.32 Å². The van der Waals surface area contributed by atoms with Crippen LogP contribution in [0.5, 0.6) is 0 Å². The van der Waals surface area contributed by atoms with E-state index in [0.29, 0.717) is 41.0 Å². The number of halogens is 1. The van der Waals surface area contributed by atoms with Crippen molar-refractivity contribution in [2.45, 2.75) is 30.7 Å². The molecule has 0 saturated carbocycles. The number of rotatable bonds is 4. The van der Waals surface area contributed by atoms with Gasteiger partial charge in [-0.1, -0.05) is 17.7 Å². The molecule has 7 nitrogen and oxygen atoms in total. The lowest BCUT2D eigenvalue weighted by molar-refractivity contribution is 0.329. The average Bonchev–Trinajstić information content (AvgIpc) is 2.63. The summed E-state index contributed by atoms with van der Waals surface area (Å²) in [4.78, 5) is 12.2. The fourth-order valence-corrected chi connectivity index (χ4v) is 4.87. The van der Waals surface area contributed by atoms with Gasteiger partial charge >= 0.3 is 0 Å². The molecule has 0 unspecified atom stereocenters. The number of anilines is 1. The summed E-state index contributed by atoms with van der Waals surface area (Å²) >= 11 is 3.30. The summed E-state index contributed by atoms with van der Waals surface area (Å²) in [6.07, 6.45) is 2.92. The van der Waals surface area contributed by atoms with Crippen LogP contribution >= 0.6 is 15.9 Å². The third kappa shape index (κ3) is 3.84. The van der Waals surface area contributed by atoms with Crippen LogP contribution in [0.25, 0.3) is 0 Å². The lowest BCUT2D eigenvalue weighted by Gasteiger charge is -2.32. The lowest BCUT2D eigenvalue weighted by Crippen LogP contribution is -2.42. The maximum Gasteiger partial charge on any atom is 0.282 e. The summed E-state index contributed by atoms with van der Waals surface area (Å²) in [5, 5.41) is 7.30. The molecule has 1 N–H and O–H groups in total. The molecule has 1 saturated heterocycles. The third-order valence-corrected chi connectivity index (χ3v) is 7.23. The van der Waals surface area contributed by atoms with Crippen LogP contribution in [0.3, 0.4) is 0 Å². The molecule has 1 aromatic heterocycles. The van der Waals surface area contributed by atoms with Crippen molar-refractivity contribution >= 4 is 31.6 Å². The van der Waals surface area contributed by atoms with Crippen LogP contribution in [0.2, 0.25) is 0 Å². The Morgan fingerprint density at radius 2 is 1.81 bits per heavy atom. The lowest BCUT2D eigenvalue weighted by atomic mass is 10.1. The molecule has 2 heterocycles. The summed E-state index contributed by atoms with van der Waals surface area (Å²) in [5.74, 6) is 0. The highest BCUT2D eigenvalue weighted by atomic mass is 79.9. The van der Waals surface area contributed by atoms with Gasteiger partial charge in [-0.2, -0.15) is 9.40 Å². The van der Waals surface area contributed by atoms with Crippen LogP contribution in [0.15, 0.2) is 44.6 Å². The van der Waals surface area contributed by atoms with Gasteiger partial charge in [0.15, 0.2) is 0 Å². The van der Waals surface area contributed by atoms with E-state index in [-0.39, 0.29) is 11.6 Å². The molecule has 1 aliphatic rings. The molecule has 140 valence electrons. The Kier molecular flexibility index (Phi) is 5.50. The average molecular weight is 441 g/mol. The smallest absolute Gasteiger partial charge is 0.282 e. The van der Waals surface area contributed by atoms with E-state index < -0.39 is 10.0 Å². The van der Waals surface area contributed by atoms with Gasteiger partial charge in [0, 0.05) is 26.2 Å². The Morgan fingerprint density at radius 3 is 2.42 bits per heavy atom. The molecule has 9 heteroatoms. The van der Waals surface area contributed by atoms with E-state index in [4.69, 9.17) is 0 Å². The Labute approximate surface area is 161 Å². The molecule has 0 bridgehead atoms. The van der Waals surface area contributed by atoms with Gasteiger partial charge in [-0.15, -0.1) is 0 Å². The molecule has 1 aromatic carbocycles. The van der Waals surface area contributed by atoms with Gasteiger partial charge in [-0.3, -0.25) is 4.79 Å². The predicted octanol–water partition coefficient (Wildman–Crippen LogP) is 2.12. The third-order valence-electron chi connectivity index (χ3n) is 4.55. The highest BCUT2D eigenvalue weighted by Crippen LogP contribution is 2.24. The van der Waals surface area contributed by atoms with Crippen molar-refractivity contribution in [2.24, 2.45) is 7.05 Å². The molecule has 2 aromatic rings. The van der Waals surface area contributed by atoms with Gasteiger partial charge in [0.2, 0.25) is 10.0 Å². The van der Waals surface area contributed by atoms with E-state index in [1.165, 1.54) is 8.99 Å². The maximum atomic E-state index is 12.7. The van der Waals surface area contributed by atoms with Crippen LogP contribution in [-0.2, 0) is 17.1 Å². The summed E-state index contributed by atoms with van der Waals surface area (Å²) in [5.41, 5.74) is 1.45. The van der Waals surface area contributed by atoms with E-state index in [1.54, 1.807) is 25.4 Å². The Balaban J connectivity index is 1.67. The minimum Gasteiger partial charge on any atom is -0.380 e.